The van der Waals surface area contributed by atoms with Gasteiger partial charge < -0.3 is 16.0 Å². The minimum absolute atomic E-state index is 0.365. The van der Waals surface area contributed by atoms with Gasteiger partial charge in [-0.2, -0.15) is 5.26 Å². The Kier molecular flexibility index (Phi) is 4.28. The maximum Gasteiger partial charge on any atom is 0.0670 e. The van der Waals surface area contributed by atoms with E-state index in [2.05, 4.69) is 30.3 Å². The van der Waals surface area contributed by atoms with E-state index < -0.39 is 0 Å². The fraction of sp³-hybridized carbons (Fsp3) is 0.533. The lowest BCUT2D eigenvalue weighted by atomic mass is 9.94. The Morgan fingerprint density at radius 1 is 1.53 bits per heavy atom. The van der Waals surface area contributed by atoms with Gasteiger partial charge in [-0.05, 0) is 49.7 Å². The maximum absolute atomic E-state index is 8.80. The normalized spacial score (nSPS) is 23.8. The van der Waals surface area contributed by atoms with Gasteiger partial charge >= 0.3 is 0 Å². The molecule has 1 fully saturated rings. The van der Waals surface area contributed by atoms with Crippen LogP contribution in [0.15, 0.2) is 18.2 Å². The Hall–Kier alpha value is -1.73. The van der Waals surface area contributed by atoms with E-state index in [-0.39, 0.29) is 0 Å². The van der Waals surface area contributed by atoms with E-state index in [1.807, 2.05) is 18.2 Å². The van der Waals surface area contributed by atoms with Gasteiger partial charge in [-0.3, -0.25) is 0 Å². The fourth-order valence-corrected chi connectivity index (χ4v) is 2.72. The molecule has 2 unspecified atom stereocenters. The van der Waals surface area contributed by atoms with Gasteiger partial charge in [-0.15, -0.1) is 0 Å². The predicted octanol–water partition coefficient (Wildman–Crippen LogP) is 2.09. The monoisotopic (exact) mass is 258 g/mol. The number of anilines is 2. The van der Waals surface area contributed by atoms with Crippen molar-refractivity contribution in [3.8, 4) is 6.07 Å². The highest BCUT2D eigenvalue weighted by atomic mass is 15.1. The molecule has 0 aromatic heterocycles. The van der Waals surface area contributed by atoms with Crippen molar-refractivity contribution in [2.45, 2.75) is 25.8 Å². The molecule has 0 saturated carbocycles. The summed E-state index contributed by atoms with van der Waals surface area (Å²) in [7, 11) is 2.17. The lowest BCUT2D eigenvalue weighted by Gasteiger charge is -2.35. The first-order valence-corrected chi connectivity index (χ1v) is 6.80. The molecule has 1 aliphatic heterocycles. The molecule has 1 saturated heterocycles. The van der Waals surface area contributed by atoms with Crippen LogP contribution >= 0.6 is 0 Å². The van der Waals surface area contributed by atoms with E-state index >= 15 is 0 Å². The minimum atomic E-state index is 0.365. The van der Waals surface area contributed by atoms with Crippen LogP contribution in [0.2, 0.25) is 0 Å². The maximum atomic E-state index is 8.80. The third-order valence-corrected chi connectivity index (χ3v) is 3.87. The van der Waals surface area contributed by atoms with Crippen molar-refractivity contribution in [3.05, 3.63) is 23.8 Å². The average molecular weight is 258 g/mol. The number of nitrogen functional groups attached to an aromatic ring is 1. The molecular formula is C15H22N4. The van der Waals surface area contributed by atoms with E-state index in [0.29, 0.717) is 24.1 Å². The van der Waals surface area contributed by atoms with Crippen LogP contribution in [0.25, 0.3) is 0 Å². The Labute approximate surface area is 115 Å². The Bertz CT molecular complexity index is 478. The summed E-state index contributed by atoms with van der Waals surface area (Å²) in [4.78, 5) is 2.37. The molecule has 2 atom stereocenters. The van der Waals surface area contributed by atoms with E-state index in [0.717, 1.165) is 30.8 Å². The molecule has 2 rings (SSSR count). The molecule has 1 aromatic rings. The molecule has 4 nitrogen and oxygen atoms in total. The highest BCUT2D eigenvalue weighted by Gasteiger charge is 2.23. The van der Waals surface area contributed by atoms with Crippen LogP contribution < -0.4 is 11.1 Å². The number of benzene rings is 1. The largest absolute Gasteiger partial charge is 0.398 e. The summed E-state index contributed by atoms with van der Waals surface area (Å²) in [5, 5.41) is 12.4. The first kappa shape index (κ1) is 13.7. The zero-order valence-electron chi connectivity index (χ0n) is 11.7. The summed E-state index contributed by atoms with van der Waals surface area (Å²) in [5.74, 6) is 0.621. The molecule has 0 amide bonds. The number of nitrogens with two attached hydrogens (primary N) is 1. The van der Waals surface area contributed by atoms with Gasteiger partial charge in [0.15, 0.2) is 0 Å². The Balaban J connectivity index is 2.07. The van der Waals surface area contributed by atoms with Gasteiger partial charge in [0.25, 0.3) is 0 Å². The molecule has 102 valence electrons. The number of likely N-dealkylation sites (tertiary alicyclic amines) is 1. The molecule has 0 aliphatic carbocycles. The third kappa shape index (κ3) is 3.39. The third-order valence-electron chi connectivity index (χ3n) is 3.87. The number of nitrogens with one attached hydrogen (secondary N) is 1. The smallest absolute Gasteiger partial charge is 0.0670 e. The lowest BCUT2D eigenvalue weighted by Crippen LogP contribution is -2.43. The number of piperidine rings is 1. The Morgan fingerprint density at radius 2 is 2.32 bits per heavy atom. The summed E-state index contributed by atoms with van der Waals surface area (Å²) < 4.78 is 0. The van der Waals surface area contributed by atoms with E-state index in [4.69, 9.17) is 11.0 Å². The average Bonchev–Trinajstić information content (AvgIpc) is 2.37. The molecule has 3 N–H and O–H groups in total. The van der Waals surface area contributed by atoms with E-state index in [1.54, 1.807) is 0 Å². The zero-order chi connectivity index (χ0) is 13.8. The summed E-state index contributed by atoms with van der Waals surface area (Å²) >= 11 is 0. The lowest BCUT2D eigenvalue weighted by molar-refractivity contribution is 0.206. The number of nitrogens with zero attached hydrogens (tertiary/aromatic N) is 2. The van der Waals surface area contributed by atoms with Gasteiger partial charge in [0, 0.05) is 24.0 Å². The SMILES string of the molecule is CC1CN(C)CCC1Nc1ccc(N)c(CC#N)c1. The van der Waals surface area contributed by atoms with Crippen LogP contribution in [0.3, 0.4) is 0 Å². The van der Waals surface area contributed by atoms with Crippen LogP contribution in [0.5, 0.6) is 0 Å². The number of hydrogen-bond acceptors (Lipinski definition) is 4. The van der Waals surface area contributed by atoms with Crippen LogP contribution in [-0.4, -0.2) is 31.1 Å². The topological polar surface area (TPSA) is 65.1 Å². The number of hydrogen-bond donors (Lipinski definition) is 2. The van der Waals surface area contributed by atoms with Gasteiger partial charge in [-0.25, -0.2) is 0 Å². The van der Waals surface area contributed by atoms with Crippen molar-refractivity contribution in [2.75, 3.05) is 31.2 Å². The summed E-state index contributed by atoms with van der Waals surface area (Å²) in [5.41, 5.74) is 8.55. The van der Waals surface area contributed by atoms with Gasteiger partial charge in [-0.1, -0.05) is 6.92 Å². The quantitative estimate of drug-likeness (QED) is 0.815. The Morgan fingerprint density at radius 3 is 3.00 bits per heavy atom. The fourth-order valence-electron chi connectivity index (χ4n) is 2.72. The first-order chi connectivity index (χ1) is 9.10. The van der Waals surface area contributed by atoms with Crippen molar-refractivity contribution >= 4 is 11.4 Å². The highest BCUT2D eigenvalue weighted by Crippen LogP contribution is 2.23. The number of nitriles is 1. The van der Waals surface area contributed by atoms with Crippen molar-refractivity contribution in [2.24, 2.45) is 5.92 Å². The van der Waals surface area contributed by atoms with E-state index in [9.17, 15) is 0 Å². The van der Waals surface area contributed by atoms with Crippen molar-refractivity contribution in [1.82, 2.24) is 4.90 Å². The summed E-state index contributed by atoms with van der Waals surface area (Å²) in [6, 6.07) is 8.54. The molecule has 0 spiro atoms. The number of rotatable bonds is 3. The molecule has 4 heteroatoms. The predicted molar refractivity (Wildman–Crippen MR) is 78.9 cm³/mol. The summed E-state index contributed by atoms with van der Waals surface area (Å²) in [6.07, 6.45) is 1.51. The standard InChI is InChI=1S/C15H22N4/c1-11-10-19(2)8-6-15(11)18-13-3-4-14(17)12(9-13)5-7-16/h3-4,9,11,15,18H,5-6,8,10,17H2,1-2H3. The molecule has 0 bridgehead atoms. The molecule has 19 heavy (non-hydrogen) atoms. The molecular weight excluding hydrogens is 236 g/mol. The summed E-state index contributed by atoms with van der Waals surface area (Å²) in [6.45, 7) is 4.53. The van der Waals surface area contributed by atoms with Crippen LogP contribution in [0.4, 0.5) is 11.4 Å². The first-order valence-electron chi connectivity index (χ1n) is 6.80. The van der Waals surface area contributed by atoms with Crippen molar-refractivity contribution < 1.29 is 0 Å². The second-order valence-electron chi connectivity index (χ2n) is 5.53. The molecule has 0 radical (unpaired) electrons. The van der Waals surface area contributed by atoms with Gasteiger partial charge in [0.05, 0.1) is 12.5 Å². The second kappa shape index (κ2) is 5.94. The molecule has 1 aliphatic rings. The van der Waals surface area contributed by atoms with Crippen LogP contribution in [-0.2, 0) is 6.42 Å². The highest BCUT2D eigenvalue weighted by molar-refractivity contribution is 5.58. The minimum Gasteiger partial charge on any atom is -0.398 e. The van der Waals surface area contributed by atoms with Gasteiger partial charge in [0.2, 0.25) is 0 Å². The van der Waals surface area contributed by atoms with Crippen molar-refractivity contribution in [3.63, 3.8) is 0 Å². The van der Waals surface area contributed by atoms with Crippen LogP contribution in [0, 0.1) is 17.2 Å². The zero-order valence-corrected chi connectivity index (χ0v) is 11.7. The molecule has 1 aromatic carbocycles. The van der Waals surface area contributed by atoms with Crippen molar-refractivity contribution in [1.29, 1.82) is 5.26 Å². The molecule has 1 heterocycles. The van der Waals surface area contributed by atoms with E-state index in [1.165, 1.54) is 0 Å². The second-order valence-corrected chi connectivity index (χ2v) is 5.53. The van der Waals surface area contributed by atoms with Crippen LogP contribution in [0.1, 0.15) is 18.9 Å². The van der Waals surface area contributed by atoms with Gasteiger partial charge in [0.1, 0.15) is 0 Å².